The summed E-state index contributed by atoms with van der Waals surface area (Å²) in [5.74, 6) is 0.436. The molecule has 0 atom stereocenters. The summed E-state index contributed by atoms with van der Waals surface area (Å²) in [6.45, 7) is 5.41. The first kappa shape index (κ1) is 11.0. The van der Waals surface area contributed by atoms with E-state index >= 15 is 0 Å². The van der Waals surface area contributed by atoms with E-state index in [4.69, 9.17) is 9.47 Å². The van der Waals surface area contributed by atoms with Crippen LogP contribution in [0.4, 0.5) is 0 Å². The number of methoxy groups -OCH3 is 2. The minimum Gasteiger partial charge on any atom is -0.353 e. The van der Waals surface area contributed by atoms with Crippen molar-refractivity contribution in [2.45, 2.75) is 38.5 Å². The first-order valence-corrected chi connectivity index (χ1v) is 4.95. The van der Waals surface area contributed by atoms with Crippen LogP contribution in [0, 0.1) is 5.92 Å². The zero-order valence-corrected chi connectivity index (χ0v) is 9.09. The van der Waals surface area contributed by atoms with Crippen LogP contribution in [-0.2, 0) is 9.47 Å². The SMILES string of the molecule is COC1(OC)CC(CNC(C)C)C1. The van der Waals surface area contributed by atoms with Crippen LogP contribution in [0.25, 0.3) is 0 Å². The number of hydrogen-bond donors (Lipinski definition) is 1. The van der Waals surface area contributed by atoms with Gasteiger partial charge in [-0.25, -0.2) is 0 Å². The summed E-state index contributed by atoms with van der Waals surface area (Å²) >= 11 is 0. The minimum atomic E-state index is -0.274. The molecule has 0 aliphatic heterocycles. The van der Waals surface area contributed by atoms with Gasteiger partial charge in [-0.3, -0.25) is 0 Å². The fourth-order valence-electron chi connectivity index (χ4n) is 1.78. The van der Waals surface area contributed by atoms with Crippen LogP contribution in [0.2, 0.25) is 0 Å². The molecule has 0 unspecified atom stereocenters. The highest BCUT2D eigenvalue weighted by molar-refractivity contribution is 4.89. The third-order valence-corrected chi connectivity index (χ3v) is 2.76. The summed E-state index contributed by atoms with van der Waals surface area (Å²) in [5.41, 5.74) is 0. The van der Waals surface area contributed by atoms with E-state index < -0.39 is 0 Å². The minimum absolute atomic E-state index is 0.274. The molecule has 3 heteroatoms. The van der Waals surface area contributed by atoms with E-state index in [-0.39, 0.29) is 5.79 Å². The standard InChI is InChI=1S/C10H21NO2/c1-8(2)11-7-9-5-10(6-9,12-3)13-4/h8-9,11H,5-7H2,1-4H3. The van der Waals surface area contributed by atoms with Gasteiger partial charge in [0.25, 0.3) is 0 Å². The number of ether oxygens (including phenoxy) is 2. The molecule has 1 aliphatic rings. The van der Waals surface area contributed by atoms with Gasteiger partial charge in [-0.15, -0.1) is 0 Å². The van der Waals surface area contributed by atoms with Crippen LogP contribution >= 0.6 is 0 Å². The highest BCUT2D eigenvalue weighted by atomic mass is 16.7. The Morgan fingerprint density at radius 1 is 1.31 bits per heavy atom. The largest absolute Gasteiger partial charge is 0.353 e. The lowest BCUT2D eigenvalue weighted by atomic mass is 9.78. The van der Waals surface area contributed by atoms with Crippen LogP contribution in [0.3, 0.4) is 0 Å². The van der Waals surface area contributed by atoms with Crippen molar-refractivity contribution >= 4 is 0 Å². The summed E-state index contributed by atoms with van der Waals surface area (Å²) < 4.78 is 10.6. The van der Waals surface area contributed by atoms with Gasteiger partial charge in [0, 0.05) is 33.1 Å². The van der Waals surface area contributed by atoms with E-state index in [2.05, 4.69) is 19.2 Å². The maximum absolute atomic E-state index is 5.31. The maximum atomic E-state index is 5.31. The summed E-state index contributed by atoms with van der Waals surface area (Å²) in [5, 5.41) is 3.42. The lowest BCUT2D eigenvalue weighted by molar-refractivity contribution is -0.269. The molecule has 0 spiro atoms. The van der Waals surface area contributed by atoms with Crippen LogP contribution in [-0.4, -0.2) is 32.6 Å². The lowest BCUT2D eigenvalue weighted by Crippen LogP contribution is -2.50. The number of nitrogens with one attached hydrogen (secondary N) is 1. The van der Waals surface area contributed by atoms with Crippen LogP contribution in [0.5, 0.6) is 0 Å². The molecule has 0 aromatic heterocycles. The van der Waals surface area contributed by atoms with Gasteiger partial charge in [0.2, 0.25) is 0 Å². The van der Waals surface area contributed by atoms with E-state index in [1.807, 2.05) is 0 Å². The van der Waals surface area contributed by atoms with Crippen LogP contribution < -0.4 is 5.32 Å². The zero-order chi connectivity index (χ0) is 9.90. The molecule has 13 heavy (non-hydrogen) atoms. The number of rotatable bonds is 5. The van der Waals surface area contributed by atoms with Crippen molar-refractivity contribution in [3.63, 3.8) is 0 Å². The van der Waals surface area contributed by atoms with Crippen molar-refractivity contribution in [1.29, 1.82) is 0 Å². The molecule has 1 rings (SSSR count). The summed E-state index contributed by atoms with van der Waals surface area (Å²) in [7, 11) is 3.44. The van der Waals surface area contributed by atoms with Gasteiger partial charge < -0.3 is 14.8 Å². The zero-order valence-electron chi connectivity index (χ0n) is 9.09. The molecule has 0 aromatic carbocycles. The van der Waals surface area contributed by atoms with Crippen molar-refractivity contribution < 1.29 is 9.47 Å². The topological polar surface area (TPSA) is 30.5 Å². The molecular formula is C10H21NO2. The number of hydrogen-bond acceptors (Lipinski definition) is 3. The van der Waals surface area contributed by atoms with Crippen molar-refractivity contribution in [3.05, 3.63) is 0 Å². The van der Waals surface area contributed by atoms with E-state index in [0.717, 1.165) is 19.4 Å². The monoisotopic (exact) mass is 187 g/mol. The molecule has 78 valence electrons. The summed E-state index contributed by atoms with van der Waals surface area (Å²) in [6, 6.07) is 0.570. The van der Waals surface area contributed by atoms with Crippen molar-refractivity contribution in [2.24, 2.45) is 5.92 Å². The third-order valence-electron chi connectivity index (χ3n) is 2.76. The molecule has 0 radical (unpaired) electrons. The van der Waals surface area contributed by atoms with Crippen molar-refractivity contribution in [1.82, 2.24) is 5.32 Å². The van der Waals surface area contributed by atoms with E-state index in [1.165, 1.54) is 0 Å². The normalized spacial score (nSPS) is 21.9. The molecule has 1 fully saturated rings. The Morgan fingerprint density at radius 2 is 1.85 bits per heavy atom. The Bertz CT molecular complexity index is 147. The van der Waals surface area contributed by atoms with Gasteiger partial charge in [-0.05, 0) is 12.5 Å². The van der Waals surface area contributed by atoms with Crippen LogP contribution in [0.1, 0.15) is 26.7 Å². The second-order valence-corrected chi connectivity index (χ2v) is 4.16. The second-order valence-electron chi connectivity index (χ2n) is 4.16. The lowest BCUT2D eigenvalue weighted by Gasteiger charge is -2.45. The predicted molar refractivity (Wildman–Crippen MR) is 52.6 cm³/mol. The Balaban J connectivity index is 2.16. The van der Waals surface area contributed by atoms with Crippen molar-refractivity contribution in [3.8, 4) is 0 Å². The van der Waals surface area contributed by atoms with Gasteiger partial charge >= 0.3 is 0 Å². The van der Waals surface area contributed by atoms with Gasteiger partial charge in [0.05, 0.1) is 0 Å². The van der Waals surface area contributed by atoms with E-state index in [1.54, 1.807) is 14.2 Å². The van der Waals surface area contributed by atoms with Crippen LogP contribution in [0.15, 0.2) is 0 Å². The summed E-state index contributed by atoms with van der Waals surface area (Å²) in [4.78, 5) is 0. The fraction of sp³-hybridized carbons (Fsp3) is 1.00. The molecule has 1 N–H and O–H groups in total. The van der Waals surface area contributed by atoms with Gasteiger partial charge in [-0.2, -0.15) is 0 Å². The van der Waals surface area contributed by atoms with E-state index in [9.17, 15) is 0 Å². The smallest absolute Gasteiger partial charge is 0.168 e. The molecule has 1 saturated carbocycles. The first-order chi connectivity index (χ1) is 6.12. The molecule has 0 aromatic rings. The maximum Gasteiger partial charge on any atom is 0.168 e. The Labute approximate surface area is 80.8 Å². The highest BCUT2D eigenvalue weighted by Crippen LogP contribution is 2.40. The average Bonchev–Trinajstić information content (AvgIpc) is 2.03. The highest BCUT2D eigenvalue weighted by Gasteiger charge is 2.44. The molecule has 1 aliphatic carbocycles. The molecule has 0 heterocycles. The fourth-order valence-corrected chi connectivity index (χ4v) is 1.78. The summed E-state index contributed by atoms with van der Waals surface area (Å²) in [6.07, 6.45) is 2.03. The Hall–Kier alpha value is -0.120. The van der Waals surface area contributed by atoms with Gasteiger partial charge in [0.1, 0.15) is 0 Å². The Kier molecular flexibility index (Phi) is 3.71. The first-order valence-electron chi connectivity index (χ1n) is 4.95. The molecule has 0 saturated heterocycles. The quantitative estimate of drug-likeness (QED) is 0.660. The van der Waals surface area contributed by atoms with Gasteiger partial charge in [-0.1, -0.05) is 13.8 Å². The second kappa shape index (κ2) is 4.40. The van der Waals surface area contributed by atoms with Crippen molar-refractivity contribution in [2.75, 3.05) is 20.8 Å². The molecular weight excluding hydrogens is 166 g/mol. The molecule has 0 bridgehead atoms. The third kappa shape index (κ3) is 2.66. The predicted octanol–water partition coefficient (Wildman–Crippen LogP) is 1.38. The molecule has 0 amide bonds. The van der Waals surface area contributed by atoms with Gasteiger partial charge in [0.15, 0.2) is 5.79 Å². The molecule has 3 nitrogen and oxygen atoms in total. The Morgan fingerprint density at radius 3 is 2.23 bits per heavy atom. The van der Waals surface area contributed by atoms with E-state index in [0.29, 0.717) is 12.0 Å². The average molecular weight is 187 g/mol.